The van der Waals surface area contributed by atoms with Crippen LogP contribution >= 0.6 is 0 Å². The average molecular weight is 340 g/mol. The number of amides is 1. The number of anilines is 1. The van der Waals surface area contributed by atoms with E-state index in [2.05, 4.69) is 5.10 Å². The van der Waals surface area contributed by atoms with Crippen LogP contribution in [0.25, 0.3) is 5.57 Å². The number of allylic oxidation sites excluding steroid dienone is 1. The number of nitrogen functional groups attached to an aromatic ring is 1. The Bertz CT molecular complexity index is 754. The maximum absolute atomic E-state index is 12.8. The zero-order chi connectivity index (χ0) is 17.8. The SMILES string of the molecule is CO[C@@H]1C[C@@H](Cn2ccc(N)n2)N(C(=O)/C=C(\C)c2ccccc2)C1. The predicted molar refractivity (Wildman–Crippen MR) is 97.6 cm³/mol. The first-order chi connectivity index (χ1) is 12.1. The molecule has 0 spiro atoms. The van der Waals surface area contributed by atoms with Crippen molar-refractivity contribution in [2.24, 2.45) is 0 Å². The summed E-state index contributed by atoms with van der Waals surface area (Å²) in [7, 11) is 1.69. The van der Waals surface area contributed by atoms with E-state index in [4.69, 9.17) is 10.5 Å². The summed E-state index contributed by atoms with van der Waals surface area (Å²) in [6.45, 7) is 3.16. The van der Waals surface area contributed by atoms with Gasteiger partial charge in [-0.25, -0.2) is 0 Å². The summed E-state index contributed by atoms with van der Waals surface area (Å²) in [6.07, 6.45) is 4.38. The summed E-state index contributed by atoms with van der Waals surface area (Å²) in [4.78, 5) is 14.7. The van der Waals surface area contributed by atoms with E-state index in [1.54, 1.807) is 23.9 Å². The van der Waals surface area contributed by atoms with Crippen LogP contribution in [-0.4, -0.2) is 46.4 Å². The number of carbonyl (C=O) groups excluding carboxylic acids is 1. The van der Waals surface area contributed by atoms with Gasteiger partial charge in [0.05, 0.1) is 18.7 Å². The number of rotatable bonds is 5. The molecular formula is C19H24N4O2. The number of benzene rings is 1. The molecule has 1 amide bonds. The lowest BCUT2D eigenvalue weighted by Crippen LogP contribution is -2.37. The van der Waals surface area contributed by atoms with Crippen LogP contribution < -0.4 is 5.73 Å². The van der Waals surface area contributed by atoms with Gasteiger partial charge in [0.15, 0.2) is 0 Å². The summed E-state index contributed by atoms with van der Waals surface area (Å²) >= 11 is 0. The van der Waals surface area contributed by atoms with Crippen LogP contribution in [0.1, 0.15) is 18.9 Å². The van der Waals surface area contributed by atoms with Gasteiger partial charge in [0.25, 0.3) is 0 Å². The second kappa shape index (κ2) is 7.53. The second-order valence-corrected chi connectivity index (χ2v) is 6.39. The fourth-order valence-corrected chi connectivity index (χ4v) is 3.23. The Hall–Kier alpha value is -2.60. The summed E-state index contributed by atoms with van der Waals surface area (Å²) in [6, 6.07) is 11.7. The smallest absolute Gasteiger partial charge is 0.247 e. The molecule has 1 aliphatic rings. The van der Waals surface area contributed by atoms with Gasteiger partial charge in [0.2, 0.25) is 5.91 Å². The van der Waals surface area contributed by atoms with Crippen LogP contribution in [0.15, 0.2) is 48.7 Å². The van der Waals surface area contributed by atoms with Gasteiger partial charge in [-0.05, 0) is 30.5 Å². The van der Waals surface area contributed by atoms with E-state index < -0.39 is 0 Å². The summed E-state index contributed by atoms with van der Waals surface area (Å²) < 4.78 is 7.27. The van der Waals surface area contributed by atoms with Gasteiger partial charge in [0, 0.05) is 25.9 Å². The first-order valence-corrected chi connectivity index (χ1v) is 8.43. The van der Waals surface area contributed by atoms with Crippen LogP contribution in [0.5, 0.6) is 0 Å². The monoisotopic (exact) mass is 340 g/mol. The number of likely N-dealkylation sites (tertiary alicyclic amines) is 1. The molecule has 1 aliphatic heterocycles. The fourth-order valence-electron chi connectivity index (χ4n) is 3.23. The Kier molecular flexibility index (Phi) is 5.19. The molecule has 0 aliphatic carbocycles. The van der Waals surface area contributed by atoms with Crippen LogP contribution in [-0.2, 0) is 16.1 Å². The lowest BCUT2D eigenvalue weighted by molar-refractivity contribution is -0.127. The van der Waals surface area contributed by atoms with Crippen molar-refractivity contribution in [3.05, 3.63) is 54.2 Å². The molecule has 6 nitrogen and oxygen atoms in total. The molecule has 1 saturated heterocycles. The van der Waals surface area contributed by atoms with Crippen molar-refractivity contribution in [2.45, 2.75) is 32.0 Å². The largest absolute Gasteiger partial charge is 0.382 e. The Morgan fingerprint density at radius 1 is 1.36 bits per heavy atom. The molecule has 0 radical (unpaired) electrons. The second-order valence-electron chi connectivity index (χ2n) is 6.39. The number of nitrogens with two attached hydrogens (primary N) is 1. The molecule has 0 bridgehead atoms. The molecule has 2 heterocycles. The zero-order valence-electron chi connectivity index (χ0n) is 14.6. The zero-order valence-corrected chi connectivity index (χ0v) is 14.6. The molecule has 25 heavy (non-hydrogen) atoms. The van der Waals surface area contributed by atoms with Crippen LogP contribution in [0.2, 0.25) is 0 Å². The molecule has 1 fully saturated rings. The van der Waals surface area contributed by atoms with Crippen LogP contribution in [0, 0.1) is 0 Å². The van der Waals surface area contributed by atoms with Gasteiger partial charge < -0.3 is 15.4 Å². The van der Waals surface area contributed by atoms with Gasteiger partial charge >= 0.3 is 0 Å². The molecule has 6 heteroatoms. The third-order valence-electron chi connectivity index (χ3n) is 4.62. The third kappa shape index (κ3) is 4.09. The molecule has 2 atom stereocenters. The van der Waals surface area contributed by atoms with Crippen molar-refractivity contribution in [1.82, 2.24) is 14.7 Å². The Morgan fingerprint density at radius 3 is 2.76 bits per heavy atom. The van der Waals surface area contributed by atoms with E-state index in [1.165, 1.54) is 0 Å². The maximum Gasteiger partial charge on any atom is 0.247 e. The Balaban J connectivity index is 1.76. The molecule has 1 aromatic heterocycles. The number of nitrogens with zero attached hydrogens (tertiary/aromatic N) is 3. The first-order valence-electron chi connectivity index (χ1n) is 8.43. The standard InChI is InChI=1S/C19H24N4O2/c1-14(15-6-4-3-5-7-15)10-19(24)23-13-17(25-2)11-16(23)12-22-9-8-18(20)21-22/h3-10,16-17H,11-13H2,1-2H3,(H2,20,21)/b14-10+/t16-,17+/m0/s1. The molecule has 1 aromatic carbocycles. The van der Waals surface area contributed by atoms with E-state index in [0.29, 0.717) is 18.9 Å². The minimum absolute atomic E-state index is 0.00558. The highest BCUT2D eigenvalue weighted by atomic mass is 16.5. The Morgan fingerprint density at radius 2 is 2.12 bits per heavy atom. The number of aromatic nitrogens is 2. The van der Waals surface area contributed by atoms with Gasteiger partial charge in [-0.15, -0.1) is 0 Å². The van der Waals surface area contributed by atoms with Gasteiger partial charge in [0.1, 0.15) is 5.82 Å². The van der Waals surface area contributed by atoms with Crippen molar-refractivity contribution in [3.8, 4) is 0 Å². The highest BCUT2D eigenvalue weighted by Crippen LogP contribution is 2.23. The molecule has 132 valence electrons. The number of carbonyl (C=O) groups is 1. The van der Waals surface area contributed by atoms with Crippen molar-refractivity contribution < 1.29 is 9.53 Å². The van der Waals surface area contributed by atoms with Crippen molar-refractivity contribution in [3.63, 3.8) is 0 Å². The minimum atomic E-state index is 0.00558. The van der Waals surface area contributed by atoms with Gasteiger partial charge in [-0.1, -0.05) is 30.3 Å². The van der Waals surface area contributed by atoms with Crippen molar-refractivity contribution >= 4 is 17.3 Å². The highest BCUT2D eigenvalue weighted by Gasteiger charge is 2.35. The highest BCUT2D eigenvalue weighted by molar-refractivity contribution is 5.95. The number of methoxy groups -OCH3 is 1. The molecule has 3 rings (SSSR count). The number of ether oxygens (including phenoxy) is 1. The van der Waals surface area contributed by atoms with E-state index >= 15 is 0 Å². The number of hydrogen-bond donors (Lipinski definition) is 1. The van der Waals surface area contributed by atoms with Crippen molar-refractivity contribution in [1.29, 1.82) is 0 Å². The fraction of sp³-hybridized carbons (Fsp3) is 0.368. The van der Waals surface area contributed by atoms with E-state index in [0.717, 1.165) is 17.6 Å². The number of hydrogen-bond acceptors (Lipinski definition) is 4. The first kappa shape index (κ1) is 17.2. The topological polar surface area (TPSA) is 73.4 Å². The van der Waals surface area contributed by atoms with Crippen LogP contribution in [0.4, 0.5) is 5.82 Å². The average Bonchev–Trinajstić information content (AvgIpc) is 3.22. The van der Waals surface area contributed by atoms with E-state index in [-0.39, 0.29) is 18.1 Å². The minimum Gasteiger partial charge on any atom is -0.382 e. The molecule has 2 aromatic rings. The molecular weight excluding hydrogens is 316 g/mol. The summed E-state index contributed by atoms with van der Waals surface area (Å²) in [5.41, 5.74) is 7.69. The van der Waals surface area contributed by atoms with Crippen molar-refractivity contribution in [2.75, 3.05) is 19.4 Å². The molecule has 2 N–H and O–H groups in total. The van der Waals surface area contributed by atoms with Gasteiger partial charge in [-0.2, -0.15) is 5.10 Å². The van der Waals surface area contributed by atoms with E-state index in [9.17, 15) is 4.79 Å². The molecule has 0 saturated carbocycles. The predicted octanol–water partition coefficient (Wildman–Crippen LogP) is 2.18. The lowest BCUT2D eigenvalue weighted by atomic mass is 10.1. The van der Waals surface area contributed by atoms with Crippen LogP contribution in [0.3, 0.4) is 0 Å². The van der Waals surface area contributed by atoms with E-state index in [1.807, 2.05) is 48.4 Å². The summed E-state index contributed by atoms with van der Waals surface area (Å²) in [5, 5.41) is 4.23. The third-order valence-corrected chi connectivity index (χ3v) is 4.62. The molecule has 0 unspecified atom stereocenters. The normalized spacial score (nSPS) is 20.9. The quantitative estimate of drug-likeness (QED) is 0.847. The summed E-state index contributed by atoms with van der Waals surface area (Å²) in [5.74, 6) is 0.491. The Labute approximate surface area is 147 Å². The maximum atomic E-state index is 12.8. The lowest BCUT2D eigenvalue weighted by Gasteiger charge is -2.23. The van der Waals surface area contributed by atoms with Gasteiger partial charge in [-0.3, -0.25) is 9.48 Å².